The Morgan fingerprint density at radius 1 is 1.37 bits per heavy atom. The van der Waals surface area contributed by atoms with E-state index in [-0.39, 0.29) is 10.6 Å². The molecule has 0 aliphatic carbocycles. The molecule has 1 aromatic carbocycles. The molecule has 0 aliphatic heterocycles. The molecule has 0 fully saturated rings. The van der Waals surface area contributed by atoms with Crippen molar-refractivity contribution in [3.8, 4) is 0 Å². The molecule has 100 valence electrons. The van der Waals surface area contributed by atoms with E-state index in [1.165, 1.54) is 17.4 Å². The highest BCUT2D eigenvalue weighted by Crippen LogP contribution is 2.34. The Balaban J connectivity index is 2.44. The summed E-state index contributed by atoms with van der Waals surface area (Å²) in [4.78, 5) is 17.1. The zero-order valence-electron chi connectivity index (χ0n) is 10.9. The average Bonchev–Trinajstić information content (AvgIpc) is 2.89. The lowest BCUT2D eigenvalue weighted by atomic mass is 10.2. The summed E-state index contributed by atoms with van der Waals surface area (Å²) in [7, 11) is 0. The molecule has 0 atom stereocenters. The molecule has 1 heterocycles. The van der Waals surface area contributed by atoms with Gasteiger partial charge in [0.15, 0.2) is 5.13 Å². The van der Waals surface area contributed by atoms with E-state index in [2.05, 4.69) is 4.98 Å². The van der Waals surface area contributed by atoms with Crippen LogP contribution in [0.15, 0.2) is 29.6 Å². The van der Waals surface area contributed by atoms with Gasteiger partial charge in [-0.05, 0) is 19.4 Å². The standard InChI is InChI=1S/C13H15N3O2S/c1-3-10-9-19-13(14-10)15(4-2)11-7-5-6-8-12(11)16(17)18/h5-9H,3-4H2,1-2H3. The summed E-state index contributed by atoms with van der Waals surface area (Å²) in [5.41, 5.74) is 1.71. The fourth-order valence-electron chi connectivity index (χ4n) is 1.84. The number of aryl methyl sites for hydroxylation is 1. The molecule has 2 rings (SSSR count). The zero-order valence-corrected chi connectivity index (χ0v) is 11.7. The third-order valence-corrected chi connectivity index (χ3v) is 3.73. The molecule has 0 amide bonds. The van der Waals surface area contributed by atoms with Crippen molar-refractivity contribution in [2.45, 2.75) is 20.3 Å². The number of anilines is 2. The number of rotatable bonds is 5. The minimum Gasteiger partial charge on any atom is -0.312 e. The van der Waals surface area contributed by atoms with Crippen LogP contribution in [0.4, 0.5) is 16.5 Å². The van der Waals surface area contributed by atoms with Crippen LogP contribution in [0.5, 0.6) is 0 Å². The summed E-state index contributed by atoms with van der Waals surface area (Å²) in [5.74, 6) is 0. The van der Waals surface area contributed by atoms with Gasteiger partial charge in [-0.2, -0.15) is 0 Å². The van der Waals surface area contributed by atoms with E-state index >= 15 is 0 Å². The molecule has 6 heteroatoms. The highest BCUT2D eigenvalue weighted by Gasteiger charge is 2.20. The number of aromatic nitrogens is 1. The molecule has 0 saturated carbocycles. The number of hydrogen-bond acceptors (Lipinski definition) is 5. The fourth-order valence-corrected chi connectivity index (χ4v) is 2.82. The minimum atomic E-state index is -0.355. The second kappa shape index (κ2) is 5.79. The van der Waals surface area contributed by atoms with Gasteiger partial charge in [0, 0.05) is 18.0 Å². The second-order valence-electron chi connectivity index (χ2n) is 3.97. The molecule has 2 aromatic rings. The second-order valence-corrected chi connectivity index (χ2v) is 4.80. The maximum absolute atomic E-state index is 11.1. The Bertz CT molecular complexity index is 583. The lowest BCUT2D eigenvalue weighted by molar-refractivity contribution is -0.384. The Labute approximate surface area is 115 Å². The Morgan fingerprint density at radius 3 is 2.68 bits per heavy atom. The average molecular weight is 277 g/mol. The molecule has 19 heavy (non-hydrogen) atoms. The number of nitro groups is 1. The topological polar surface area (TPSA) is 59.3 Å². The maximum atomic E-state index is 11.1. The van der Waals surface area contributed by atoms with Crippen LogP contribution in [-0.4, -0.2) is 16.5 Å². The third kappa shape index (κ3) is 2.73. The Morgan fingerprint density at radius 2 is 2.11 bits per heavy atom. The first-order chi connectivity index (χ1) is 9.17. The summed E-state index contributed by atoms with van der Waals surface area (Å²) >= 11 is 1.51. The summed E-state index contributed by atoms with van der Waals surface area (Å²) in [6, 6.07) is 6.76. The van der Waals surface area contributed by atoms with Crippen LogP contribution in [0.3, 0.4) is 0 Å². The summed E-state index contributed by atoms with van der Waals surface area (Å²) in [5, 5.41) is 13.9. The smallest absolute Gasteiger partial charge is 0.292 e. The number of para-hydroxylation sites is 2. The van der Waals surface area contributed by atoms with Crippen molar-refractivity contribution < 1.29 is 4.92 Å². The highest BCUT2D eigenvalue weighted by atomic mass is 32.1. The van der Waals surface area contributed by atoms with Crippen molar-refractivity contribution in [2.75, 3.05) is 11.4 Å². The predicted molar refractivity (Wildman–Crippen MR) is 77.3 cm³/mol. The van der Waals surface area contributed by atoms with Gasteiger partial charge in [0.05, 0.1) is 10.6 Å². The normalized spacial score (nSPS) is 10.4. The Kier molecular flexibility index (Phi) is 4.11. The van der Waals surface area contributed by atoms with Crippen LogP contribution < -0.4 is 4.90 Å². The molecule has 0 radical (unpaired) electrons. The minimum absolute atomic E-state index is 0.109. The number of nitro benzene ring substituents is 1. The van der Waals surface area contributed by atoms with Crippen LogP contribution in [0.2, 0.25) is 0 Å². The third-order valence-electron chi connectivity index (χ3n) is 2.82. The van der Waals surface area contributed by atoms with Crippen molar-refractivity contribution in [2.24, 2.45) is 0 Å². The van der Waals surface area contributed by atoms with E-state index < -0.39 is 0 Å². The molecule has 1 aromatic heterocycles. The van der Waals surface area contributed by atoms with Crippen LogP contribution in [0.1, 0.15) is 19.5 Å². The SMILES string of the molecule is CCc1csc(N(CC)c2ccccc2[N+](=O)[O-])n1. The quantitative estimate of drug-likeness (QED) is 0.616. The summed E-state index contributed by atoms with van der Waals surface area (Å²) in [6.07, 6.45) is 0.866. The molecule has 5 nitrogen and oxygen atoms in total. The van der Waals surface area contributed by atoms with Gasteiger partial charge in [-0.15, -0.1) is 11.3 Å². The van der Waals surface area contributed by atoms with Gasteiger partial charge >= 0.3 is 0 Å². The lowest BCUT2D eigenvalue weighted by Gasteiger charge is -2.19. The zero-order chi connectivity index (χ0) is 13.8. The van der Waals surface area contributed by atoms with Gasteiger partial charge in [-0.1, -0.05) is 19.1 Å². The van der Waals surface area contributed by atoms with Crippen LogP contribution in [0.25, 0.3) is 0 Å². The van der Waals surface area contributed by atoms with Crippen molar-refractivity contribution in [1.82, 2.24) is 4.98 Å². The van der Waals surface area contributed by atoms with E-state index in [1.807, 2.05) is 24.1 Å². The van der Waals surface area contributed by atoms with E-state index in [9.17, 15) is 10.1 Å². The summed E-state index contributed by atoms with van der Waals surface area (Å²) in [6.45, 7) is 4.64. The van der Waals surface area contributed by atoms with Gasteiger partial charge in [0.1, 0.15) is 5.69 Å². The predicted octanol–water partition coefficient (Wildman–Crippen LogP) is 3.77. The van der Waals surface area contributed by atoms with E-state index in [0.717, 1.165) is 17.2 Å². The maximum Gasteiger partial charge on any atom is 0.292 e. The van der Waals surface area contributed by atoms with Gasteiger partial charge in [-0.25, -0.2) is 4.98 Å². The van der Waals surface area contributed by atoms with Crippen molar-refractivity contribution >= 4 is 27.8 Å². The van der Waals surface area contributed by atoms with Crippen LogP contribution in [0, 0.1) is 10.1 Å². The van der Waals surface area contributed by atoms with E-state index in [1.54, 1.807) is 18.2 Å². The lowest BCUT2D eigenvalue weighted by Crippen LogP contribution is -2.17. The fraction of sp³-hybridized carbons (Fsp3) is 0.308. The van der Waals surface area contributed by atoms with Crippen LogP contribution >= 0.6 is 11.3 Å². The summed E-state index contributed by atoms with van der Waals surface area (Å²) < 4.78 is 0. The highest BCUT2D eigenvalue weighted by molar-refractivity contribution is 7.13. The number of nitrogens with zero attached hydrogens (tertiary/aromatic N) is 3. The van der Waals surface area contributed by atoms with Crippen LogP contribution in [-0.2, 0) is 6.42 Å². The Hall–Kier alpha value is -1.95. The molecule has 0 unspecified atom stereocenters. The van der Waals surface area contributed by atoms with E-state index in [0.29, 0.717) is 12.2 Å². The van der Waals surface area contributed by atoms with E-state index in [4.69, 9.17) is 0 Å². The van der Waals surface area contributed by atoms with Gasteiger partial charge in [0.25, 0.3) is 5.69 Å². The molecule has 0 aliphatic rings. The van der Waals surface area contributed by atoms with Gasteiger partial charge in [0.2, 0.25) is 0 Å². The largest absolute Gasteiger partial charge is 0.312 e. The van der Waals surface area contributed by atoms with Crippen molar-refractivity contribution in [1.29, 1.82) is 0 Å². The molecule has 0 spiro atoms. The number of thiazole rings is 1. The monoisotopic (exact) mass is 277 g/mol. The first-order valence-corrected chi connectivity index (χ1v) is 7.00. The first-order valence-electron chi connectivity index (χ1n) is 6.12. The van der Waals surface area contributed by atoms with Crippen molar-refractivity contribution in [3.63, 3.8) is 0 Å². The first kappa shape index (κ1) is 13.5. The molecular formula is C13H15N3O2S. The van der Waals surface area contributed by atoms with Gasteiger partial charge in [-0.3, -0.25) is 10.1 Å². The molecule has 0 bridgehead atoms. The van der Waals surface area contributed by atoms with Gasteiger partial charge < -0.3 is 4.90 Å². The van der Waals surface area contributed by atoms with Crippen molar-refractivity contribution in [3.05, 3.63) is 45.5 Å². The molecular weight excluding hydrogens is 262 g/mol. The number of hydrogen-bond donors (Lipinski definition) is 0. The molecule has 0 saturated heterocycles. The molecule has 0 N–H and O–H groups in total. The number of benzene rings is 1.